The highest BCUT2D eigenvalue weighted by molar-refractivity contribution is 6.32. The zero-order valence-corrected chi connectivity index (χ0v) is 18.4. The predicted molar refractivity (Wildman–Crippen MR) is 118 cm³/mol. The molecule has 2 aliphatic heterocycles. The number of nitrogens with zero attached hydrogens (tertiary/aromatic N) is 3. The fourth-order valence-electron chi connectivity index (χ4n) is 3.86. The lowest BCUT2D eigenvalue weighted by atomic mass is 10.1. The molecule has 1 fully saturated rings. The van der Waals surface area contributed by atoms with Crippen molar-refractivity contribution in [1.82, 2.24) is 14.8 Å². The molecule has 1 saturated heterocycles. The fraction of sp³-hybridized carbons (Fsp3) is 0.478. The van der Waals surface area contributed by atoms with E-state index in [4.69, 9.17) is 25.8 Å². The molecule has 4 rings (SSSR count). The quantitative estimate of drug-likeness (QED) is 0.622. The summed E-state index contributed by atoms with van der Waals surface area (Å²) in [5.41, 5.74) is 1.89. The molecule has 7 nitrogen and oxygen atoms in total. The number of amides is 1. The molecular weight excluding hydrogens is 418 g/mol. The summed E-state index contributed by atoms with van der Waals surface area (Å²) in [4.78, 5) is 21.6. The van der Waals surface area contributed by atoms with Gasteiger partial charge < -0.3 is 19.1 Å². The van der Waals surface area contributed by atoms with Crippen molar-refractivity contribution in [3.63, 3.8) is 0 Å². The Balaban J connectivity index is 1.42. The second kappa shape index (κ2) is 10.8. The van der Waals surface area contributed by atoms with Crippen molar-refractivity contribution in [2.45, 2.75) is 19.4 Å². The second-order valence-corrected chi connectivity index (χ2v) is 8.16. The van der Waals surface area contributed by atoms with Crippen molar-refractivity contribution in [1.29, 1.82) is 0 Å². The summed E-state index contributed by atoms with van der Waals surface area (Å²) in [5, 5.41) is 0.480. The van der Waals surface area contributed by atoms with E-state index >= 15 is 0 Å². The third-order valence-electron chi connectivity index (χ3n) is 5.49. The van der Waals surface area contributed by atoms with Gasteiger partial charge in [0.25, 0.3) is 0 Å². The number of hydrogen-bond donors (Lipinski definition) is 0. The Morgan fingerprint density at radius 1 is 1.06 bits per heavy atom. The van der Waals surface area contributed by atoms with Gasteiger partial charge in [0.15, 0.2) is 11.5 Å². The van der Waals surface area contributed by atoms with Crippen molar-refractivity contribution >= 4 is 17.5 Å². The van der Waals surface area contributed by atoms with Gasteiger partial charge in [-0.1, -0.05) is 11.6 Å². The second-order valence-electron chi connectivity index (χ2n) is 7.76. The van der Waals surface area contributed by atoms with Crippen LogP contribution < -0.4 is 9.47 Å². The molecule has 166 valence electrons. The molecule has 3 heterocycles. The normalized spacial score (nSPS) is 16.2. The largest absolute Gasteiger partial charge is 0.486 e. The number of carbonyl (C=O) groups excluding carboxylic acids is 1. The fourth-order valence-corrected chi connectivity index (χ4v) is 4.15. The van der Waals surface area contributed by atoms with Gasteiger partial charge in [0.1, 0.15) is 13.2 Å². The molecule has 2 aliphatic rings. The number of fused-ring (bicyclic) bond motifs is 1. The molecule has 0 unspecified atom stereocenters. The molecule has 0 aliphatic carbocycles. The first kappa shape index (κ1) is 21.9. The first-order chi connectivity index (χ1) is 15.2. The van der Waals surface area contributed by atoms with Crippen LogP contribution >= 0.6 is 11.6 Å². The zero-order chi connectivity index (χ0) is 21.5. The minimum atomic E-state index is 0.0616. The number of aromatic nitrogens is 1. The maximum atomic E-state index is 13.2. The van der Waals surface area contributed by atoms with Crippen molar-refractivity contribution in [2.24, 2.45) is 0 Å². The molecule has 1 amide bonds. The van der Waals surface area contributed by atoms with Gasteiger partial charge in [-0.05, 0) is 41.8 Å². The molecule has 0 atom stereocenters. The number of pyridine rings is 1. The van der Waals surface area contributed by atoms with Gasteiger partial charge in [0.05, 0.1) is 24.7 Å². The van der Waals surface area contributed by atoms with Crippen LogP contribution in [0.3, 0.4) is 0 Å². The van der Waals surface area contributed by atoms with Crippen LogP contribution in [-0.2, 0) is 22.5 Å². The van der Waals surface area contributed by atoms with E-state index in [1.807, 2.05) is 23.1 Å². The van der Waals surface area contributed by atoms with Crippen LogP contribution in [0.15, 0.2) is 36.7 Å². The molecule has 2 aromatic rings. The van der Waals surface area contributed by atoms with Crippen molar-refractivity contribution in [3.05, 3.63) is 52.8 Å². The van der Waals surface area contributed by atoms with E-state index in [-0.39, 0.29) is 12.3 Å². The molecule has 1 aromatic carbocycles. The van der Waals surface area contributed by atoms with E-state index in [2.05, 4.69) is 9.88 Å². The minimum Gasteiger partial charge on any atom is -0.486 e. The number of benzene rings is 1. The lowest BCUT2D eigenvalue weighted by Gasteiger charge is -2.28. The van der Waals surface area contributed by atoms with Gasteiger partial charge in [0.2, 0.25) is 5.91 Å². The number of rotatable bonds is 8. The molecule has 31 heavy (non-hydrogen) atoms. The Labute approximate surface area is 187 Å². The number of ether oxygens (including phenoxy) is 3. The number of carbonyl (C=O) groups is 1. The average Bonchev–Trinajstić information content (AvgIpc) is 2.80. The summed E-state index contributed by atoms with van der Waals surface area (Å²) >= 11 is 6.36. The van der Waals surface area contributed by atoms with Crippen LogP contribution in [0.2, 0.25) is 5.02 Å². The van der Waals surface area contributed by atoms with Gasteiger partial charge in [-0.15, -0.1) is 0 Å². The molecule has 0 saturated carbocycles. The highest BCUT2D eigenvalue weighted by Gasteiger charge is 2.20. The van der Waals surface area contributed by atoms with Gasteiger partial charge in [0, 0.05) is 45.1 Å². The third kappa shape index (κ3) is 6.09. The lowest BCUT2D eigenvalue weighted by Crippen LogP contribution is -2.39. The molecule has 0 radical (unpaired) electrons. The number of hydrogen-bond acceptors (Lipinski definition) is 6. The van der Waals surface area contributed by atoms with E-state index in [0.717, 1.165) is 50.4 Å². The summed E-state index contributed by atoms with van der Waals surface area (Å²) < 4.78 is 16.7. The van der Waals surface area contributed by atoms with E-state index in [1.54, 1.807) is 18.5 Å². The Kier molecular flexibility index (Phi) is 7.61. The van der Waals surface area contributed by atoms with Crippen LogP contribution in [0.5, 0.6) is 11.5 Å². The van der Waals surface area contributed by atoms with Crippen LogP contribution in [0.1, 0.15) is 17.5 Å². The number of halogens is 1. The topological polar surface area (TPSA) is 64.1 Å². The predicted octanol–water partition coefficient (Wildman–Crippen LogP) is 2.80. The summed E-state index contributed by atoms with van der Waals surface area (Å²) in [6.07, 6.45) is 4.69. The highest BCUT2D eigenvalue weighted by Crippen LogP contribution is 2.38. The average molecular weight is 446 g/mol. The van der Waals surface area contributed by atoms with Gasteiger partial charge >= 0.3 is 0 Å². The molecule has 1 aromatic heterocycles. The zero-order valence-electron chi connectivity index (χ0n) is 17.6. The number of morpholine rings is 1. The summed E-state index contributed by atoms with van der Waals surface area (Å²) in [5.74, 6) is 1.23. The smallest absolute Gasteiger partial charge is 0.227 e. The van der Waals surface area contributed by atoms with Crippen molar-refractivity contribution in [2.75, 3.05) is 52.6 Å². The Hall–Kier alpha value is -2.35. The Morgan fingerprint density at radius 3 is 2.65 bits per heavy atom. The van der Waals surface area contributed by atoms with Crippen LogP contribution in [0.25, 0.3) is 0 Å². The first-order valence-corrected chi connectivity index (χ1v) is 11.1. The van der Waals surface area contributed by atoms with E-state index in [1.165, 1.54) is 0 Å². The minimum absolute atomic E-state index is 0.0616. The maximum absolute atomic E-state index is 13.2. The highest BCUT2D eigenvalue weighted by atomic mass is 35.5. The monoisotopic (exact) mass is 445 g/mol. The van der Waals surface area contributed by atoms with Gasteiger partial charge in [-0.25, -0.2) is 0 Å². The van der Waals surface area contributed by atoms with Gasteiger partial charge in [-0.3, -0.25) is 14.7 Å². The summed E-state index contributed by atoms with van der Waals surface area (Å²) in [6.45, 7) is 6.64. The molecule has 8 heteroatoms. The standard InChI is InChI=1S/C23H28ClN3O4/c24-20-14-19(15-21-23(20)31-13-12-30-21)16-22(28)27(17-18-2-4-25-5-3-18)7-1-6-26-8-10-29-11-9-26/h2-5,14-15H,1,6-13,16-17H2. The van der Waals surface area contributed by atoms with Crippen LogP contribution in [-0.4, -0.2) is 73.3 Å². The third-order valence-corrected chi connectivity index (χ3v) is 5.77. The van der Waals surface area contributed by atoms with Crippen LogP contribution in [0, 0.1) is 0 Å². The SMILES string of the molecule is O=C(Cc1cc(Cl)c2c(c1)OCCO2)N(CCCN1CCOCC1)Cc1ccncc1. The van der Waals surface area contributed by atoms with E-state index in [0.29, 0.717) is 42.8 Å². The van der Waals surface area contributed by atoms with Crippen molar-refractivity contribution in [3.8, 4) is 11.5 Å². The Bertz CT molecular complexity index is 875. The van der Waals surface area contributed by atoms with Crippen LogP contribution in [0.4, 0.5) is 0 Å². The lowest BCUT2D eigenvalue weighted by molar-refractivity contribution is -0.131. The molecule has 0 N–H and O–H groups in total. The first-order valence-electron chi connectivity index (χ1n) is 10.7. The van der Waals surface area contributed by atoms with Crippen molar-refractivity contribution < 1.29 is 19.0 Å². The summed E-state index contributed by atoms with van der Waals surface area (Å²) in [6, 6.07) is 7.55. The molecule has 0 spiro atoms. The van der Waals surface area contributed by atoms with Gasteiger partial charge in [-0.2, -0.15) is 0 Å². The maximum Gasteiger partial charge on any atom is 0.227 e. The Morgan fingerprint density at radius 2 is 1.84 bits per heavy atom. The summed E-state index contributed by atoms with van der Waals surface area (Å²) in [7, 11) is 0. The van der Waals surface area contributed by atoms with E-state index < -0.39 is 0 Å². The molecule has 0 bridgehead atoms. The molecular formula is C23H28ClN3O4. The van der Waals surface area contributed by atoms with E-state index in [9.17, 15) is 4.79 Å².